The van der Waals surface area contributed by atoms with Crippen molar-refractivity contribution in [1.29, 1.82) is 0 Å². The van der Waals surface area contributed by atoms with Crippen molar-refractivity contribution in [2.75, 3.05) is 6.61 Å². The number of benzene rings is 1. The van der Waals surface area contributed by atoms with E-state index in [1.807, 2.05) is 0 Å². The topological polar surface area (TPSA) is 90.4 Å². The molecule has 0 radical (unpaired) electrons. The number of ether oxygens (including phenoxy) is 1. The molecule has 0 amide bonds. The maximum Gasteiger partial charge on any atom is 0.342 e. The van der Waals surface area contributed by atoms with Crippen LogP contribution < -0.4 is 0 Å². The van der Waals surface area contributed by atoms with Gasteiger partial charge in [-0.05, 0) is 11.0 Å². The number of aliphatic hydroxyl groups excluding tert-OH is 1. The summed E-state index contributed by atoms with van der Waals surface area (Å²) < 4.78 is 19.9. The Hall–Kier alpha value is -2.32. The quantitative estimate of drug-likeness (QED) is 0.622. The third kappa shape index (κ3) is 3.86. The lowest BCUT2D eigenvalue weighted by Gasteiger charge is -2.11. The molecule has 8 heteroatoms. The van der Waals surface area contributed by atoms with Crippen molar-refractivity contribution in [3.05, 3.63) is 57.8 Å². The van der Waals surface area contributed by atoms with Gasteiger partial charge in [0.05, 0.1) is 13.2 Å². The van der Waals surface area contributed by atoms with Crippen LogP contribution in [0.2, 0.25) is 0 Å². The monoisotopic (exact) mass is 309 g/mol. The maximum absolute atomic E-state index is 13.4. The second kappa shape index (κ2) is 7.10. The summed E-state index contributed by atoms with van der Waals surface area (Å²) in [6, 6.07) is 6.19. The van der Waals surface area contributed by atoms with Crippen LogP contribution in [0.1, 0.15) is 11.4 Å². The first-order valence-corrected chi connectivity index (χ1v) is 6.64. The first-order chi connectivity index (χ1) is 10.5. The highest BCUT2D eigenvalue weighted by Gasteiger charge is 2.20. The minimum Gasteiger partial charge on any atom is -0.387 e. The largest absolute Gasteiger partial charge is 0.387 e. The lowest BCUT2D eigenvalue weighted by Crippen LogP contribution is -2.23. The van der Waals surface area contributed by atoms with E-state index in [1.165, 1.54) is 10.6 Å². The first-order valence-electron chi connectivity index (χ1n) is 6.64. The van der Waals surface area contributed by atoms with E-state index in [9.17, 15) is 19.6 Å². The fraction of sp³-hybridized carbons (Fsp3) is 0.357. The number of hydrogen-bond donors (Lipinski definition) is 1. The number of halogens is 1. The highest BCUT2D eigenvalue weighted by atomic mass is 19.1. The number of hydrogen-bond acceptors (Lipinski definition) is 5. The van der Waals surface area contributed by atoms with E-state index in [-0.39, 0.29) is 31.4 Å². The number of aryl methyl sites for hydroxylation is 1. The van der Waals surface area contributed by atoms with Crippen LogP contribution in [-0.2, 0) is 17.9 Å². The number of aromatic nitrogens is 2. The van der Waals surface area contributed by atoms with Crippen LogP contribution in [0.5, 0.6) is 0 Å². The van der Waals surface area contributed by atoms with E-state index in [1.54, 1.807) is 25.1 Å². The van der Waals surface area contributed by atoms with Gasteiger partial charge in [-0.15, -0.1) is 0 Å². The van der Waals surface area contributed by atoms with E-state index in [2.05, 4.69) is 4.98 Å². The average molecular weight is 309 g/mol. The Morgan fingerprint density at radius 2 is 2.23 bits per heavy atom. The number of aliphatic hydroxyl groups is 1. The lowest BCUT2D eigenvalue weighted by molar-refractivity contribution is -0.392. The summed E-state index contributed by atoms with van der Waals surface area (Å²) in [4.78, 5) is 14.1. The van der Waals surface area contributed by atoms with E-state index < -0.39 is 11.0 Å². The van der Waals surface area contributed by atoms with Gasteiger partial charge in [0.1, 0.15) is 24.7 Å². The Labute approximate surface area is 126 Å². The van der Waals surface area contributed by atoms with Gasteiger partial charge < -0.3 is 20.0 Å². The molecule has 1 atom stereocenters. The van der Waals surface area contributed by atoms with E-state index in [0.717, 1.165) is 6.20 Å². The van der Waals surface area contributed by atoms with E-state index in [0.29, 0.717) is 11.4 Å². The predicted octanol–water partition coefficient (Wildman–Crippen LogP) is 1.82. The molecule has 7 nitrogen and oxygen atoms in total. The summed E-state index contributed by atoms with van der Waals surface area (Å²) in [6.45, 7) is 1.55. The van der Waals surface area contributed by atoms with E-state index >= 15 is 0 Å². The zero-order valence-electron chi connectivity index (χ0n) is 12.0. The molecule has 0 aliphatic carbocycles. The molecule has 118 valence electrons. The predicted molar refractivity (Wildman–Crippen MR) is 75.7 cm³/mol. The molecule has 0 saturated heterocycles. The normalized spacial score (nSPS) is 12.3. The molecule has 0 aliphatic rings. The molecular weight excluding hydrogens is 293 g/mol. The molecule has 2 aromatic rings. The van der Waals surface area contributed by atoms with Crippen LogP contribution in [0.25, 0.3) is 0 Å². The van der Waals surface area contributed by atoms with Crippen LogP contribution in [0.3, 0.4) is 0 Å². The molecule has 1 aromatic carbocycles. The second-order valence-corrected chi connectivity index (χ2v) is 4.79. The zero-order chi connectivity index (χ0) is 16.1. The minimum atomic E-state index is -0.960. The van der Waals surface area contributed by atoms with Crippen LogP contribution in [0, 0.1) is 22.9 Å². The Kier molecular flexibility index (Phi) is 5.18. The zero-order valence-corrected chi connectivity index (χ0v) is 12.0. The summed E-state index contributed by atoms with van der Waals surface area (Å²) in [5.74, 6) is -0.136. The van der Waals surface area contributed by atoms with Gasteiger partial charge in [0.25, 0.3) is 0 Å². The fourth-order valence-electron chi connectivity index (χ4n) is 2.01. The van der Waals surface area contributed by atoms with Gasteiger partial charge in [0.2, 0.25) is 0 Å². The molecule has 1 N–H and O–H groups in total. The highest BCUT2D eigenvalue weighted by Crippen LogP contribution is 2.14. The second-order valence-electron chi connectivity index (χ2n) is 4.79. The molecule has 0 fully saturated rings. The third-order valence-electron chi connectivity index (χ3n) is 3.14. The molecule has 1 unspecified atom stereocenters. The van der Waals surface area contributed by atoms with Crippen molar-refractivity contribution < 1.29 is 19.2 Å². The number of imidazole rings is 1. The van der Waals surface area contributed by atoms with Crippen molar-refractivity contribution in [2.24, 2.45) is 0 Å². The Balaban J connectivity index is 1.89. The van der Waals surface area contributed by atoms with Crippen LogP contribution in [0.4, 0.5) is 10.2 Å². The SMILES string of the molecule is Cc1ncc([N+](=O)[O-])n1CC(O)COCc1ccccc1F. The summed E-state index contributed by atoms with van der Waals surface area (Å²) in [7, 11) is 0. The third-order valence-corrected chi connectivity index (χ3v) is 3.14. The molecular formula is C14H16FN3O4. The van der Waals surface area contributed by atoms with Crippen molar-refractivity contribution in [3.63, 3.8) is 0 Å². The lowest BCUT2D eigenvalue weighted by atomic mass is 10.2. The minimum absolute atomic E-state index is 0.0145. The van der Waals surface area contributed by atoms with Crippen LogP contribution in [0.15, 0.2) is 30.5 Å². The average Bonchev–Trinajstić information content (AvgIpc) is 2.82. The number of nitrogens with zero attached hydrogens (tertiary/aromatic N) is 3. The molecule has 0 saturated carbocycles. The number of nitro groups is 1. The van der Waals surface area contributed by atoms with Crippen LogP contribution >= 0.6 is 0 Å². The van der Waals surface area contributed by atoms with Gasteiger partial charge in [0, 0.05) is 12.5 Å². The molecule has 2 rings (SSSR count). The summed E-state index contributed by atoms with van der Waals surface area (Å²) >= 11 is 0. The van der Waals surface area contributed by atoms with E-state index in [4.69, 9.17) is 4.74 Å². The maximum atomic E-state index is 13.4. The van der Waals surface area contributed by atoms with Gasteiger partial charge in [-0.3, -0.25) is 0 Å². The van der Waals surface area contributed by atoms with Gasteiger partial charge in [-0.2, -0.15) is 0 Å². The van der Waals surface area contributed by atoms with Gasteiger partial charge in [0.15, 0.2) is 5.82 Å². The smallest absolute Gasteiger partial charge is 0.342 e. The molecule has 0 bridgehead atoms. The fourth-order valence-corrected chi connectivity index (χ4v) is 2.01. The van der Waals surface area contributed by atoms with Crippen molar-refractivity contribution in [1.82, 2.24) is 9.55 Å². The molecule has 0 spiro atoms. The van der Waals surface area contributed by atoms with Crippen molar-refractivity contribution >= 4 is 5.82 Å². The summed E-state index contributed by atoms with van der Waals surface area (Å²) in [6.07, 6.45) is 0.181. The Morgan fingerprint density at radius 3 is 2.91 bits per heavy atom. The summed E-state index contributed by atoms with van der Waals surface area (Å²) in [5, 5.41) is 20.8. The van der Waals surface area contributed by atoms with Crippen LogP contribution in [-0.4, -0.2) is 32.3 Å². The highest BCUT2D eigenvalue weighted by molar-refractivity contribution is 5.19. The molecule has 0 aliphatic heterocycles. The molecule has 1 heterocycles. The standard InChI is InChI=1S/C14H16FN3O4/c1-10-16-6-14(18(20)21)17(10)7-12(19)9-22-8-11-4-2-3-5-13(11)15/h2-6,12,19H,7-9H2,1H3. The first kappa shape index (κ1) is 16.1. The van der Waals surface area contributed by atoms with Gasteiger partial charge in [-0.25, -0.2) is 13.9 Å². The Morgan fingerprint density at radius 1 is 1.50 bits per heavy atom. The van der Waals surface area contributed by atoms with Crippen molar-refractivity contribution in [3.8, 4) is 0 Å². The van der Waals surface area contributed by atoms with Gasteiger partial charge >= 0.3 is 5.82 Å². The Bertz CT molecular complexity index is 659. The van der Waals surface area contributed by atoms with Gasteiger partial charge in [-0.1, -0.05) is 18.2 Å². The molecule has 1 aromatic heterocycles. The van der Waals surface area contributed by atoms with Crippen molar-refractivity contribution in [2.45, 2.75) is 26.2 Å². The number of rotatable bonds is 7. The summed E-state index contributed by atoms with van der Waals surface area (Å²) in [5.41, 5.74) is 0.388. The molecule has 22 heavy (non-hydrogen) atoms.